The largest absolute Gasteiger partial charge is 0.484 e. The third-order valence-corrected chi connectivity index (χ3v) is 3.04. The summed E-state index contributed by atoms with van der Waals surface area (Å²) in [6, 6.07) is 10.5. The molecule has 0 aliphatic heterocycles. The van der Waals surface area contributed by atoms with Gasteiger partial charge >= 0.3 is 6.18 Å². The van der Waals surface area contributed by atoms with Gasteiger partial charge in [-0.1, -0.05) is 6.07 Å². The molecule has 0 saturated carbocycles. The van der Waals surface area contributed by atoms with Crippen LogP contribution >= 0.6 is 0 Å². The second-order valence-corrected chi connectivity index (χ2v) is 5.17. The molecule has 0 radical (unpaired) electrons. The Bertz CT molecular complexity index is 776. The van der Waals surface area contributed by atoms with Crippen LogP contribution in [0.3, 0.4) is 0 Å². The zero-order valence-electron chi connectivity index (χ0n) is 13.3. The van der Waals surface area contributed by atoms with E-state index in [1.54, 1.807) is 5.32 Å². The molecule has 2 amide bonds. The Hall–Kier alpha value is -3.10. The number of rotatable bonds is 6. The number of nitrogens with one attached hydrogen (secondary N) is 2. The van der Waals surface area contributed by atoms with Crippen molar-refractivity contribution in [1.29, 1.82) is 0 Å². The second-order valence-electron chi connectivity index (χ2n) is 5.17. The molecule has 0 bridgehead atoms. The first kappa shape index (κ1) is 19.2. The van der Waals surface area contributed by atoms with Crippen LogP contribution in [0.25, 0.3) is 0 Å². The summed E-state index contributed by atoms with van der Waals surface area (Å²) in [5, 5.41) is 4.19. The molecule has 0 aliphatic carbocycles. The molecule has 0 heterocycles. The van der Waals surface area contributed by atoms with Crippen LogP contribution in [0.2, 0.25) is 0 Å². The summed E-state index contributed by atoms with van der Waals surface area (Å²) in [4.78, 5) is 23.5. The Kier molecular flexibility index (Phi) is 6.16. The molecule has 0 aliphatic rings. The van der Waals surface area contributed by atoms with Crippen molar-refractivity contribution >= 4 is 17.5 Å². The topological polar surface area (TPSA) is 67.4 Å². The van der Waals surface area contributed by atoms with Crippen LogP contribution in [-0.2, 0) is 4.79 Å². The highest BCUT2D eigenvalue weighted by Crippen LogP contribution is 2.15. The van der Waals surface area contributed by atoms with Gasteiger partial charge in [0.25, 0.3) is 11.8 Å². The first-order chi connectivity index (χ1) is 12.2. The molecule has 0 aromatic heterocycles. The summed E-state index contributed by atoms with van der Waals surface area (Å²) < 4.78 is 54.3. The maximum Gasteiger partial charge on any atom is 0.405 e. The number of hydrogen-bond donors (Lipinski definition) is 2. The first-order valence-electron chi connectivity index (χ1n) is 7.36. The number of ether oxygens (including phenoxy) is 1. The minimum Gasteiger partial charge on any atom is -0.484 e. The molecule has 26 heavy (non-hydrogen) atoms. The molecule has 0 unspecified atom stereocenters. The third-order valence-electron chi connectivity index (χ3n) is 3.04. The molecule has 2 aromatic carbocycles. The Balaban J connectivity index is 1.89. The fraction of sp³-hybridized carbons (Fsp3) is 0.176. The van der Waals surface area contributed by atoms with E-state index < -0.39 is 30.4 Å². The smallest absolute Gasteiger partial charge is 0.405 e. The molecule has 2 aromatic rings. The quantitative estimate of drug-likeness (QED) is 0.768. The fourth-order valence-corrected chi connectivity index (χ4v) is 1.90. The Morgan fingerprint density at radius 3 is 2.38 bits per heavy atom. The molecule has 0 atom stereocenters. The normalized spacial score (nSPS) is 10.9. The fourth-order valence-electron chi connectivity index (χ4n) is 1.90. The predicted octanol–water partition coefficient (Wildman–Crippen LogP) is 3.14. The number of benzene rings is 2. The summed E-state index contributed by atoms with van der Waals surface area (Å²) in [6.45, 7) is -1.82. The number of carbonyl (C=O) groups excluding carboxylic acids is 2. The van der Waals surface area contributed by atoms with E-state index in [2.05, 4.69) is 5.32 Å². The second kappa shape index (κ2) is 8.32. The average Bonchev–Trinajstić information content (AvgIpc) is 2.59. The van der Waals surface area contributed by atoms with E-state index in [0.29, 0.717) is 5.75 Å². The molecular formula is C17H14F4N2O3. The van der Waals surface area contributed by atoms with E-state index in [1.807, 2.05) is 0 Å². The minimum absolute atomic E-state index is 0.0356. The van der Waals surface area contributed by atoms with Crippen molar-refractivity contribution in [3.05, 3.63) is 59.9 Å². The number of amides is 2. The van der Waals surface area contributed by atoms with Gasteiger partial charge in [-0.2, -0.15) is 13.2 Å². The third kappa shape index (κ3) is 6.42. The van der Waals surface area contributed by atoms with Gasteiger partial charge in [0.15, 0.2) is 6.61 Å². The lowest BCUT2D eigenvalue weighted by molar-refractivity contribution is -0.123. The molecule has 9 heteroatoms. The highest BCUT2D eigenvalue weighted by molar-refractivity contribution is 5.97. The maximum atomic E-state index is 12.8. The monoisotopic (exact) mass is 370 g/mol. The summed E-state index contributed by atoms with van der Waals surface area (Å²) in [6.07, 6.45) is -4.51. The average molecular weight is 370 g/mol. The van der Waals surface area contributed by atoms with Crippen LogP contribution in [0.15, 0.2) is 48.5 Å². The van der Waals surface area contributed by atoms with Gasteiger partial charge in [0.05, 0.1) is 0 Å². The van der Waals surface area contributed by atoms with Crippen molar-refractivity contribution in [2.75, 3.05) is 18.5 Å². The van der Waals surface area contributed by atoms with Gasteiger partial charge in [-0.05, 0) is 42.5 Å². The number of halogens is 4. The molecule has 0 saturated heterocycles. The standard InChI is InChI=1S/C17H14F4N2O3/c18-12-4-6-14(7-5-12)26-9-15(24)23-13-3-1-2-11(8-13)16(25)22-10-17(19,20)21/h1-8H,9-10H2,(H,22,25)(H,23,24). The van der Waals surface area contributed by atoms with E-state index in [-0.39, 0.29) is 17.9 Å². The van der Waals surface area contributed by atoms with Gasteiger partial charge in [0, 0.05) is 11.3 Å². The highest BCUT2D eigenvalue weighted by atomic mass is 19.4. The van der Waals surface area contributed by atoms with E-state index in [9.17, 15) is 27.2 Å². The molecule has 0 spiro atoms. The van der Waals surface area contributed by atoms with Crippen molar-refractivity contribution in [2.45, 2.75) is 6.18 Å². The van der Waals surface area contributed by atoms with E-state index >= 15 is 0 Å². The number of alkyl halides is 3. The van der Waals surface area contributed by atoms with Gasteiger partial charge in [-0.15, -0.1) is 0 Å². The highest BCUT2D eigenvalue weighted by Gasteiger charge is 2.27. The Morgan fingerprint density at radius 1 is 1.04 bits per heavy atom. The zero-order chi connectivity index (χ0) is 19.2. The van der Waals surface area contributed by atoms with E-state index in [1.165, 1.54) is 48.5 Å². The van der Waals surface area contributed by atoms with Crippen molar-refractivity contribution in [3.8, 4) is 5.75 Å². The van der Waals surface area contributed by atoms with Gasteiger partial charge in [-0.25, -0.2) is 4.39 Å². The molecule has 138 valence electrons. The van der Waals surface area contributed by atoms with Gasteiger partial charge < -0.3 is 15.4 Å². The van der Waals surface area contributed by atoms with Crippen LogP contribution in [0.5, 0.6) is 5.75 Å². The summed E-state index contributed by atoms with van der Waals surface area (Å²) in [7, 11) is 0. The lowest BCUT2D eigenvalue weighted by atomic mass is 10.2. The predicted molar refractivity (Wildman–Crippen MR) is 85.4 cm³/mol. The summed E-state index contributed by atoms with van der Waals surface area (Å²) in [5.74, 6) is -1.62. The molecule has 2 N–H and O–H groups in total. The Morgan fingerprint density at radius 2 is 1.73 bits per heavy atom. The van der Waals surface area contributed by atoms with Crippen LogP contribution in [0.4, 0.5) is 23.2 Å². The maximum absolute atomic E-state index is 12.8. The van der Waals surface area contributed by atoms with Crippen molar-refractivity contribution in [1.82, 2.24) is 5.32 Å². The van der Waals surface area contributed by atoms with Crippen LogP contribution in [-0.4, -0.2) is 31.1 Å². The zero-order valence-corrected chi connectivity index (χ0v) is 13.3. The molecule has 0 fully saturated rings. The lowest BCUT2D eigenvalue weighted by Gasteiger charge is -2.10. The van der Waals surface area contributed by atoms with Crippen molar-refractivity contribution in [3.63, 3.8) is 0 Å². The number of anilines is 1. The SMILES string of the molecule is O=C(COc1ccc(F)cc1)Nc1cccc(C(=O)NCC(F)(F)F)c1. The van der Waals surface area contributed by atoms with Gasteiger partial charge in [-0.3, -0.25) is 9.59 Å². The van der Waals surface area contributed by atoms with Crippen LogP contribution in [0, 0.1) is 5.82 Å². The number of hydrogen-bond acceptors (Lipinski definition) is 3. The minimum atomic E-state index is -4.51. The van der Waals surface area contributed by atoms with Crippen molar-refractivity contribution < 1.29 is 31.9 Å². The van der Waals surface area contributed by atoms with Crippen molar-refractivity contribution in [2.24, 2.45) is 0 Å². The molecule has 5 nitrogen and oxygen atoms in total. The first-order valence-corrected chi connectivity index (χ1v) is 7.36. The summed E-state index contributed by atoms with van der Waals surface area (Å²) in [5.41, 5.74) is 0.184. The molecule has 2 rings (SSSR count). The van der Waals surface area contributed by atoms with Gasteiger partial charge in [0.1, 0.15) is 18.1 Å². The van der Waals surface area contributed by atoms with Crippen LogP contribution in [0.1, 0.15) is 10.4 Å². The van der Waals surface area contributed by atoms with E-state index in [4.69, 9.17) is 4.74 Å². The van der Waals surface area contributed by atoms with Crippen LogP contribution < -0.4 is 15.4 Å². The number of carbonyl (C=O) groups is 2. The summed E-state index contributed by atoms with van der Waals surface area (Å²) >= 11 is 0. The Labute approximate surface area is 146 Å². The molecular weight excluding hydrogens is 356 g/mol. The van der Waals surface area contributed by atoms with Gasteiger partial charge in [0.2, 0.25) is 0 Å². The van der Waals surface area contributed by atoms with E-state index in [0.717, 1.165) is 0 Å². The lowest BCUT2D eigenvalue weighted by Crippen LogP contribution is -2.33.